The first-order chi connectivity index (χ1) is 10.3. The molecule has 0 saturated carbocycles. The molecule has 0 saturated heterocycles. The lowest BCUT2D eigenvalue weighted by Crippen LogP contribution is -2.42. The molecule has 0 aliphatic carbocycles. The number of fused-ring (bicyclic) bond motifs is 1. The Hall–Kier alpha value is -2.70. The average Bonchev–Trinajstić information content (AvgIpc) is 2.75. The standard InChI is InChI=1S/C15H16N2O5/c1-9(15(21)22)12(18)16(2)7-8-17-13(19)10-5-3-4-6-11(10)14(17)20/h3-6,9H,7-8H2,1-2H3,(H,21,22). The number of likely N-dealkylation sites (N-methyl/N-ethyl adjacent to an activating group) is 1. The van der Waals surface area contributed by atoms with Crippen molar-refractivity contribution in [2.45, 2.75) is 6.92 Å². The zero-order valence-electron chi connectivity index (χ0n) is 12.3. The molecule has 1 aromatic carbocycles. The van der Waals surface area contributed by atoms with Gasteiger partial charge < -0.3 is 10.0 Å². The molecule has 0 aromatic heterocycles. The first-order valence-electron chi connectivity index (χ1n) is 6.77. The Kier molecular flexibility index (Phi) is 4.25. The van der Waals surface area contributed by atoms with Crippen molar-refractivity contribution in [2.75, 3.05) is 20.1 Å². The smallest absolute Gasteiger partial charge is 0.315 e. The maximum Gasteiger partial charge on any atom is 0.315 e. The van der Waals surface area contributed by atoms with Gasteiger partial charge in [0.2, 0.25) is 5.91 Å². The number of hydrogen-bond donors (Lipinski definition) is 1. The Morgan fingerprint density at radius 1 is 1.18 bits per heavy atom. The number of benzene rings is 1. The van der Waals surface area contributed by atoms with E-state index in [-0.39, 0.29) is 13.1 Å². The van der Waals surface area contributed by atoms with Crippen LogP contribution in [0.5, 0.6) is 0 Å². The van der Waals surface area contributed by atoms with Crippen LogP contribution in [0.3, 0.4) is 0 Å². The van der Waals surface area contributed by atoms with E-state index >= 15 is 0 Å². The van der Waals surface area contributed by atoms with Crippen molar-refractivity contribution >= 4 is 23.7 Å². The molecule has 1 heterocycles. The predicted molar refractivity (Wildman–Crippen MR) is 76.2 cm³/mol. The zero-order valence-corrected chi connectivity index (χ0v) is 12.3. The molecule has 7 heteroatoms. The summed E-state index contributed by atoms with van der Waals surface area (Å²) in [4.78, 5) is 49.2. The second kappa shape index (κ2) is 5.97. The third kappa shape index (κ3) is 2.69. The van der Waals surface area contributed by atoms with Gasteiger partial charge in [0.1, 0.15) is 5.92 Å². The summed E-state index contributed by atoms with van der Waals surface area (Å²) in [6, 6.07) is 6.52. The SMILES string of the molecule is CC(C(=O)O)C(=O)N(C)CCN1C(=O)c2ccccc2C1=O. The van der Waals surface area contributed by atoms with Gasteiger partial charge in [-0.05, 0) is 19.1 Å². The first kappa shape index (κ1) is 15.7. The fourth-order valence-electron chi connectivity index (χ4n) is 2.24. The van der Waals surface area contributed by atoms with E-state index < -0.39 is 29.6 Å². The number of carboxylic acids is 1. The van der Waals surface area contributed by atoms with Crippen molar-refractivity contribution in [1.29, 1.82) is 0 Å². The molecule has 0 radical (unpaired) electrons. The molecular weight excluding hydrogens is 288 g/mol. The number of aliphatic carboxylic acids is 1. The summed E-state index contributed by atoms with van der Waals surface area (Å²) >= 11 is 0. The summed E-state index contributed by atoms with van der Waals surface area (Å²) in [6.45, 7) is 1.41. The minimum absolute atomic E-state index is 0.0287. The van der Waals surface area contributed by atoms with Crippen molar-refractivity contribution in [3.63, 3.8) is 0 Å². The summed E-state index contributed by atoms with van der Waals surface area (Å²) in [5.41, 5.74) is 0.695. The van der Waals surface area contributed by atoms with E-state index in [4.69, 9.17) is 5.11 Å². The lowest BCUT2D eigenvalue weighted by Gasteiger charge is -2.22. The van der Waals surface area contributed by atoms with Crippen molar-refractivity contribution in [3.8, 4) is 0 Å². The van der Waals surface area contributed by atoms with Gasteiger partial charge in [0.15, 0.2) is 0 Å². The van der Waals surface area contributed by atoms with E-state index in [9.17, 15) is 19.2 Å². The molecule has 0 bridgehead atoms. The van der Waals surface area contributed by atoms with Crippen molar-refractivity contribution in [2.24, 2.45) is 5.92 Å². The topological polar surface area (TPSA) is 95.0 Å². The van der Waals surface area contributed by atoms with Crippen LogP contribution in [0, 0.1) is 5.92 Å². The van der Waals surface area contributed by atoms with Crippen molar-refractivity contribution in [3.05, 3.63) is 35.4 Å². The molecule has 7 nitrogen and oxygen atoms in total. The molecule has 1 N–H and O–H groups in total. The van der Waals surface area contributed by atoms with Crippen LogP contribution in [-0.4, -0.2) is 58.7 Å². The maximum absolute atomic E-state index is 12.1. The monoisotopic (exact) mass is 304 g/mol. The number of nitrogens with zero attached hydrogens (tertiary/aromatic N) is 2. The zero-order chi connectivity index (χ0) is 16.4. The van der Waals surface area contributed by atoms with E-state index in [1.165, 1.54) is 18.9 Å². The van der Waals surface area contributed by atoms with Crippen LogP contribution in [-0.2, 0) is 9.59 Å². The second-order valence-corrected chi connectivity index (χ2v) is 5.13. The van der Waals surface area contributed by atoms with E-state index in [2.05, 4.69) is 0 Å². The highest BCUT2D eigenvalue weighted by atomic mass is 16.4. The lowest BCUT2D eigenvalue weighted by molar-refractivity contribution is -0.149. The number of rotatable bonds is 5. The minimum atomic E-state index is -1.21. The summed E-state index contributed by atoms with van der Waals surface area (Å²) < 4.78 is 0. The number of imide groups is 1. The quantitative estimate of drug-likeness (QED) is 0.630. The molecule has 116 valence electrons. The summed E-state index contributed by atoms with van der Waals surface area (Å²) in [5.74, 6) is -3.73. The number of carbonyl (C=O) groups is 4. The minimum Gasteiger partial charge on any atom is -0.481 e. The van der Waals surface area contributed by atoms with E-state index in [1.807, 2.05) is 0 Å². The molecule has 1 atom stereocenters. The lowest BCUT2D eigenvalue weighted by atomic mass is 10.1. The third-order valence-electron chi connectivity index (χ3n) is 3.65. The van der Waals surface area contributed by atoms with E-state index in [0.29, 0.717) is 11.1 Å². The molecule has 1 aliphatic rings. The number of carboxylic acid groups (broad SMARTS) is 1. The summed E-state index contributed by atoms with van der Waals surface area (Å²) in [7, 11) is 1.44. The Bertz CT molecular complexity index is 620. The first-order valence-corrected chi connectivity index (χ1v) is 6.77. The Balaban J connectivity index is 2.02. The van der Waals surface area contributed by atoms with Gasteiger partial charge in [0.05, 0.1) is 11.1 Å². The van der Waals surface area contributed by atoms with Gasteiger partial charge in [-0.2, -0.15) is 0 Å². The van der Waals surface area contributed by atoms with Crippen LogP contribution in [0.2, 0.25) is 0 Å². The predicted octanol–water partition coefficient (Wildman–Crippen LogP) is 0.462. The highest BCUT2D eigenvalue weighted by Crippen LogP contribution is 2.22. The highest BCUT2D eigenvalue weighted by molar-refractivity contribution is 6.21. The number of carbonyl (C=O) groups excluding carboxylic acids is 3. The normalized spacial score (nSPS) is 14.7. The van der Waals surface area contributed by atoms with Crippen LogP contribution in [0.1, 0.15) is 27.6 Å². The third-order valence-corrected chi connectivity index (χ3v) is 3.65. The Morgan fingerprint density at radius 2 is 1.68 bits per heavy atom. The van der Waals surface area contributed by atoms with Gasteiger partial charge in [-0.15, -0.1) is 0 Å². The second-order valence-electron chi connectivity index (χ2n) is 5.13. The summed E-state index contributed by atoms with van der Waals surface area (Å²) in [5, 5.41) is 8.82. The van der Waals surface area contributed by atoms with Crippen molar-refractivity contribution in [1.82, 2.24) is 9.80 Å². The number of amides is 3. The largest absolute Gasteiger partial charge is 0.481 e. The highest BCUT2D eigenvalue weighted by Gasteiger charge is 2.35. The van der Waals surface area contributed by atoms with E-state index in [1.54, 1.807) is 24.3 Å². The fourth-order valence-corrected chi connectivity index (χ4v) is 2.24. The van der Waals surface area contributed by atoms with Crippen LogP contribution >= 0.6 is 0 Å². The molecule has 0 fully saturated rings. The number of hydrogen-bond acceptors (Lipinski definition) is 4. The van der Waals surface area contributed by atoms with Gasteiger partial charge in [-0.3, -0.25) is 24.1 Å². The van der Waals surface area contributed by atoms with Crippen LogP contribution in [0.15, 0.2) is 24.3 Å². The Labute approximate surface area is 127 Å². The molecule has 3 amide bonds. The summed E-state index contributed by atoms with van der Waals surface area (Å²) in [6.07, 6.45) is 0. The Morgan fingerprint density at radius 3 is 2.14 bits per heavy atom. The van der Waals surface area contributed by atoms with Gasteiger partial charge in [-0.1, -0.05) is 12.1 Å². The van der Waals surface area contributed by atoms with Crippen LogP contribution in [0.4, 0.5) is 0 Å². The maximum atomic E-state index is 12.1. The molecule has 1 unspecified atom stereocenters. The van der Waals surface area contributed by atoms with Crippen LogP contribution < -0.4 is 0 Å². The molecule has 2 rings (SSSR count). The molecule has 1 aromatic rings. The molecular formula is C15H16N2O5. The van der Waals surface area contributed by atoms with Crippen LogP contribution in [0.25, 0.3) is 0 Å². The molecule has 1 aliphatic heterocycles. The van der Waals surface area contributed by atoms with Gasteiger partial charge >= 0.3 is 5.97 Å². The van der Waals surface area contributed by atoms with Gasteiger partial charge in [0.25, 0.3) is 11.8 Å². The molecule has 22 heavy (non-hydrogen) atoms. The van der Waals surface area contributed by atoms with Crippen molar-refractivity contribution < 1.29 is 24.3 Å². The van der Waals surface area contributed by atoms with Gasteiger partial charge in [-0.25, -0.2) is 0 Å². The fraction of sp³-hybridized carbons (Fsp3) is 0.333. The molecule has 0 spiro atoms. The average molecular weight is 304 g/mol. The van der Waals surface area contributed by atoms with Gasteiger partial charge in [0, 0.05) is 20.1 Å². The van der Waals surface area contributed by atoms with E-state index in [0.717, 1.165) is 4.90 Å².